The van der Waals surface area contributed by atoms with Crippen LogP contribution in [0.25, 0.3) is 0 Å². The monoisotopic (exact) mass is 486 g/mol. The standard InChI is InChI=1S/C20H23IO6/c22-17-10-6-14(7-11-17)19(24)26-21(16-4-2-1-3-5-16)27-20(25)15-8-12-18(23)13-9-15/h1-5,14-15H,6-13H2. The van der Waals surface area contributed by atoms with E-state index in [0.717, 1.165) is 3.57 Å². The quantitative estimate of drug-likeness (QED) is 0.589. The summed E-state index contributed by atoms with van der Waals surface area (Å²) in [5, 5.41) is 0. The van der Waals surface area contributed by atoms with Gasteiger partial charge in [0.05, 0.1) is 0 Å². The molecular formula is C20H23IO6. The van der Waals surface area contributed by atoms with Gasteiger partial charge < -0.3 is 0 Å². The first kappa shape index (κ1) is 20.0. The molecule has 0 spiro atoms. The molecule has 0 N–H and O–H groups in total. The van der Waals surface area contributed by atoms with E-state index in [9.17, 15) is 19.2 Å². The first-order valence-corrected chi connectivity index (χ1v) is 12.1. The number of carbonyl (C=O) groups is 4. The molecule has 0 aromatic heterocycles. The van der Waals surface area contributed by atoms with Gasteiger partial charge in [0.1, 0.15) is 0 Å². The Hall–Kier alpha value is -1.77. The fraction of sp³-hybridized carbons (Fsp3) is 0.500. The van der Waals surface area contributed by atoms with E-state index in [-0.39, 0.29) is 35.3 Å². The van der Waals surface area contributed by atoms with Crippen LogP contribution in [0.15, 0.2) is 30.3 Å². The maximum absolute atomic E-state index is 12.6. The molecule has 0 amide bonds. The average molecular weight is 486 g/mol. The minimum atomic E-state index is -2.96. The van der Waals surface area contributed by atoms with Crippen LogP contribution in [0.4, 0.5) is 0 Å². The van der Waals surface area contributed by atoms with E-state index in [1.165, 1.54) is 0 Å². The van der Waals surface area contributed by atoms with Crippen LogP contribution in [-0.2, 0) is 25.3 Å². The average Bonchev–Trinajstić information content (AvgIpc) is 2.69. The van der Waals surface area contributed by atoms with Gasteiger partial charge >= 0.3 is 167 Å². The van der Waals surface area contributed by atoms with Crippen LogP contribution in [0.3, 0.4) is 0 Å². The van der Waals surface area contributed by atoms with Gasteiger partial charge in [-0.15, -0.1) is 0 Å². The molecule has 0 bridgehead atoms. The number of benzene rings is 1. The molecule has 0 aliphatic heterocycles. The molecule has 0 heterocycles. The van der Waals surface area contributed by atoms with E-state index in [1.54, 1.807) is 12.1 Å². The van der Waals surface area contributed by atoms with Crippen LogP contribution in [0.1, 0.15) is 51.4 Å². The van der Waals surface area contributed by atoms with Gasteiger partial charge in [-0.2, -0.15) is 0 Å². The predicted octanol–water partition coefficient (Wildman–Crippen LogP) is 3.80. The Kier molecular flexibility index (Phi) is 6.98. The molecular weight excluding hydrogens is 463 g/mol. The number of Topliss-reactive ketones (excluding diaryl/α,β-unsaturated/α-hetero) is 2. The van der Waals surface area contributed by atoms with Gasteiger partial charge in [-0.25, -0.2) is 0 Å². The van der Waals surface area contributed by atoms with E-state index in [0.29, 0.717) is 51.4 Å². The third-order valence-corrected chi connectivity index (χ3v) is 8.36. The normalized spacial score (nSPS) is 19.5. The minimum absolute atomic E-state index is 0.177. The Morgan fingerprint density at radius 2 is 1.15 bits per heavy atom. The number of hydrogen-bond acceptors (Lipinski definition) is 6. The van der Waals surface area contributed by atoms with Crippen LogP contribution in [0.2, 0.25) is 0 Å². The molecule has 2 fully saturated rings. The van der Waals surface area contributed by atoms with Gasteiger partial charge in [-0.3, -0.25) is 0 Å². The fourth-order valence-corrected chi connectivity index (χ4v) is 6.35. The zero-order valence-electron chi connectivity index (χ0n) is 15.0. The van der Waals surface area contributed by atoms with Crippen LogP contribution in [0, 0.1) is 15.4 Å². The summed E-state index contributed by atoms with van der Waals surface area (Å²) in [7, 11) is 0. The maximum atomic E-state index is 12.6. The van der Waals surface area contributed by atoms with Crippen molar-refractivity contribution in [2.24, 2.45) is 11.8 Å². The van der Waals surface area contributed by atoms with Crippen LogP contribution >= 0.6 is 20.6 Å². The van der Waals surface area contributed by atoms with E-state index in [2.05, 4.69) is 0 Å². The van der Waals surface area contributed by atoms with Crippen molar-refractivity contribution in [1.82, 2.24) is 0 Å². The van der Waals surface area contributed by atoms with Gasteiger partial charge in [-0.1, -0.05) is 0 Å². The van der Waals surface area contributed by atoms with Crippen molar-refractivity contribution in [2.75, 3.05) is 0 Å². The Labute approximate surface area is 166 Å². The van der Waals surface area contributed by atoms with E-state index in [4.69, 9.17) is 6.13 Å². The third-order valence-electron chi connectivity index (χ3n) is 4.96. The molecule has 0 radical (unpaired) electrons. The molecule has 2 aliphatic carbocycles. The second kappa shape index (κ2) is 9.43. The summed E-state index contributed by atoms with van der Waals surface area (Å²) in [5.41, 5.74) is 0. The SMILES string of the molecule is O=C1CCC(C(=O)OI(OC(=O)C2CCC(=O)CC2)c2ccccc2)CC1. The Bertz CT molecular complexity index is 654. The molecule has 3 rings (SSSR count). The zero-order chi connectivity index (χ0) is 19.2. The van der Waals surface area contributed by atoms with Crippen molar-refractivity contribution in [3.8, 4) is 0 Å². The predicted molar refractivity (Wildman–Crippen MR) is 105 cm³/mol. The summed E-state index contributed by atoms with van der Waals surface area (Å²) in [5.74, 6) is -1.01. The van der Waals surface area contributed by atoms with E-state index < -0.39 is 20.6 Å². The first-order chi connectivity index (χ1) is 13.0. The van der Waals surface area contributed by atoms with Crippen molar-refractivity contribution in [3.05, 3.63) is 33.9 Å². The summed E-state index contributed by atoms with van der Waals surface area (Å²) in [4.78, 5) is 47.9. The molecule has 2 saturated carbocycles. The molecule has 0 atom stereocenters. The number of rotatable bonds is 5. The molecule has 27 heavy (non-hydrogen) atoms. The number of halogens is 1. The van der Waals surface area contributed by atoms with Gasteiger partial charge in [0.15, 0.2) is 0 Å². The van der Waals surface area contributed by atoms with Crippen molar-refractivity contribution in [3.63, 3.8) is 0 Å². The van der Waals surface area contributed by atoms with Gasteiger partial charge in [0.25, 0.3) is 0 Å². The zero-order valence-corrected chi connectivity index (χ0v) is 17.2. The Morgan fingerprint density at radius 3 is 1.56 bits per heavy atom. The Morgan fingerprint density at radius 1 is 0.741 bits per heavy atom. The molecule has 7 heteroatoms. The second-order valence-corrected chi connectivity index (χ2v) is 10.3. The number of carbonyl (C=O) groups excluding carboxylic acids is 4. The number of ketones is 2. The summed E-state index contributed by atoms with van der Waals surface area (Å²) < 4.78 is 12.1. The van der Waals surface area contributed by atoms with Gasteiger partial charge in [-0.05, 0) is 0 Å². The summed E-state index contributed by atoms with van der Waals surface area (Å²) >= 11 is -2.96. The van der Waals surface area contributed by atoms with E-state index in [1.807, 2.05) is 18.2 Å². The van der Waals surface area contributed by atoms with Gasteiger partial charge in [0, 0.05) is 0 Å². The third kappa shape index (κ3) is 5.60. The van der Waals surface area contributed by atoms with Crippen LogP contribution < -0.4 is 0 Å². The van der Waals surface area contributed by atoms with Gasteiger partial charge in [0.2, 0.25) is 0 Å². The topological polar surface area (TPSA) is 86.7 Å². The number of hydrogen-bond donors (Lipinski definition) is 0. The van der Waals surface area contributed by atoms with Crippen molar-refractivity contribution in [2.45, 2.75) is 51.4 Å². The molecule has 1 aromatic carbocycles. The van der Waals surface area contributed by atoms with Crippen molar-refractivity contribution in [1.29, 1.82) is 0 Å². The molecule has 6 nitrogen and oxygen atoms in total. The van der Waals surface area contributed by atoms with Crippen LogP contribution in [0.5, 0.6) is 0 Å². The summed E-state index contributed by atoms with van der Waals surface area (Å²) in [6.07, 6.45) is 3.57. The summed E-state index contributed by atoms with van der Waals surface area (Å²) in [6.45, 7) is 0. The van der Waals surface area contributed by atoms with Crippen LogP contribution in [-0.4, -0.2) is 23.5 Å². The molecule has 0 saturated heterocycles. The summed E-state index contributed by atoms with van der Waals surface area (Å²) in [6, 6.07) is 9.10. The molecule has 146 valence electrons. The fourth-order valence-electron chi connectivity index (χ4n) is 3.24. The van der Waals surface area contributed by atoms with E-state index >= 15 is 0 Å². The first-order valence-electron chi connectivity index (χ1n) is 9.26. The van der Waals surface area contributed by atoms with Crippen molar-refractivity contribution >= 4 is 44.2 Å². The Balaban J connectivity index is 1.66. The molecule has 1 aromatic rings. The second-order valence-electron chi connectivity index (χ2n) is 6.93. The molecule has 2 aliphatic rings. The molecule has 0 unspecified atom stereocenters. The van der Waals surface area contributed by atoms with Crippen molar-refractivity contribution < 1.29 is 25.3 Å².